The second kappa shape index (κ2) is 16.1. The normalized spacial score (nSPS) is 10.2. The molecule has 0 unspecified atom stereocenters. The quantitative estimate of drug-likeness (QED) is 0.168. The third kappa shape index (κ3) is 8.47. The molecule has 4 aromatic heterocycles. The van der Waals surface area contributed by atoms with E-state index in [9.17, 15) is 9.59 Å². The van der Waals surface area contributed by atoms with Crippen LogP contribution in [0.4, 0.5) is 0 Å². The monoisotopic (exact) mass is 580 g/mol. The number of nitrogens with one attached hydrogen (secondary N) is 2. The third-order valence-corrected chi connectivity index (χ3v) is 6.48. The van der Waals surface area contributed by atoms with Crippen LogP contribution in [0.2, 0.25) is 0 Å². The average molecular weight is 581 g/mol. The van der Waals surface area contributed by atoms with Gasteiger partial charge in [0.2, 0.25) is 0 Å². The second-order valence-corrected chi connectivity index (χ2v) is 9.21. The van der Waals surface area contributed by atoms with Crippen LogP contribution in [0.5, 0.6) is 0 Å². The van der Waals surface area contributed by atoms with Gasteiger partial charge < -0.3 is 30.8 Å². The SMILES string of the molecule is CCOC(=O)c1cc2cnn(CCc3ccccc3)c2[nH]1.O.O=C(O)c1cc2cnn(CCc3ccccc3)c2[nH]1.[Li+].[OH-]. The Labute approximate surface area is 259 Å². The van der Waals surface area contributed by atoms with Gasteiger partial charge in [-0.05, 0) is 43.0 Å². The van der Waals surface area contributed by atoms with Crippen LogP contribution in [0.25, 0.3) is 22.1 Å². The number of rotatable bonds is 9. The first kappa shape index (κ1) is 34.6. The van der Waals surface area contributed by atoms with Crippen LogP contribution < -0.4 is 18.9 Å². The van der Waals surface area contributed by atoms with Crippen molar-refractivity contribution in [2.75, 3.05) is 6.61 Å². The van der Waals surface area contributed by atoms with E-state index in [-0.39, 0.29) is 41.5 Å². The molecule has 12 nitrogen and oxygen atoms in total. The molecule has 43 heavy (non-hydrogen) atoms. The summed E-state index contributed by atoms with van der Waals surface area (Å²) in [5.74, 6) is -1.28. The number of fused-ring (bicyclic) bond motifs is 2. The Balaban J connectivity index is 0.000000282. The van der Waals surface area contributed by atoms with Crippen molar-refractivity contribution in [3.8, 4) is 0 Å². The Morgan fingerprint density at radius 1 is 0.791 bits per heavy atom. The fourth-order valence-electron chi connectivity index (χ4n) is 4.45. The minimum Gasteiger partial charge on any atom is -0.870 e. The molecule has 0 saturated heterocycles. The second-order valence-electron chi connectivity index (χ2n) is 9.21. The first-order valence-corrected chi connectivity index (χ1v) is 13.1. The van der Waals surface area contributed by atoms with E-state index in [4.69, 9.17) is 9.84 Å². The predicted molar refractivity (Wildman–Crippen MR) is 157 cm³/mol. The maximum Gasteiger partial charge on any atom is 1.00 e. The summed E-state index contributed by atoms with van der Waals surface area (Å²) in [6, 6.07) is 23.8. The summed E-state index contributed by atoms with van der Waals surface area (Å²) in [4.78, 5) is 28.6. The zero-order valence-electron chi connectivity index (χ0n) is 24.0. The fourth-order valence-corrected chi connectivity index (χ4v) is 4.45. The number of aromatic nitrogens is 6. The first-order chi connectivity index (χ1) is 19.5. The summed E-state index contributed by atoms with van der Waals surface area (Å²) < 4.78 is 8.68. The fraction of sp³-hybridized carbons (Fsp3) is 0.200. The van der Waals surface area contributed by atoms with Crippen molar-refractivity contribution >= 4 is 34.0 Å². The van der Waals surface area contributed by atoms with E-state index in [0.29, 0.717) is 18.8 Å². The number of benzene rings is 2. The summed E-state index contributed by atoms with van der Waals surface area (Å²) in [5, 5.41) is 19.3. The number of carboxylic acids is 1. The summed E-state index contributed by atoms with van der Waals surface area (Å²) in [6.45, 7) is 3.64. The molecule has 2 aromatic carbocycles. The summed E-state index contributed by atoms with van der Waals surface area (Å²) in [7, 11) is 0. The van der Waals surface area contributed by atoms with Crippen molar-refractivity contribution in [2.45, 2.75) is 32.9 Å². The molecule has 0 spiro atoms. The molecular formula is C30H33LiN6O6. The van der Waals surface area contributed by atoms with Crippen molar-refractivity contribution in [1.82, 2.24) is 29.5 Å². The summed E-state index contributed by atoms with van der Waals surface area (Å²) in [5.41, 5.74) is 4.77. The van der Waals surface area contributed by atoms with Crippen molar-refractivity contribution in [1.29, 1.82) is 0 Å². The molecule has 0 aliphatic rings. The van der Waals surface area contributed by atoms with E-state index in [1.807, 2.05) is 41.1 Å². The summed E-state index contributed by atoms with van der Waals surface area (Å²) >= 11 is 0. The van der Waals surface area contributed by atoms with Gasteiger partial charge in [-0.1, -0.05) is 60.7 Å². The largest absolute Gasteiger partial charge is 1.00 e. The van der Waals surface area contributed by atoms with Gasteiger partial charge in [0, 0.05) is 23.9 Å². The molecule has 220 valence electrons. The number of aromatic carboxylic acids is 1. The molecule has 0 aliphatic carbocycles. The van der Waals surface area contributed by atoms with Crippen molar-refractivity contribution in [3.63, 3.8) is 0 Å². The maximum absolute atomic E-state index is 11.7. The Hall–Kier alpha value is -4.60. The minimum atomic E-state index is -0.953. The van der Waals surface area contributed by atoms with Gasteiger partial charge in [0.05, 0.1) is 19.0 Å². The van der Waals surface area contributed by atoms with Crippen LogP contribution in [0.15, 0.2) is 85.2 Å². The van der Waals surface area contributed by atoms with Gasteiger partial charge in [0.1, 0.15) is 22.7 Å². The molecule has 0 bridgehead atoms. The van der Waals surface area contributed by atoms with E-state index in [2.05, 4.69) is 44.4 Å². The third-order valence-electron chi connectivity index (χ3n) is 6.48. The Morgan fingerprint density at radius 3 is 1.67 bits per heavy atom. The van der Waals surface area contributed by atoms with Crippen LogP contribution in [-0.4, -0.2) is 64.1 Å². The van der Waals surface area contributed by atoms with Gasteiger partial charge >= 0.3 is 30.8 Å². The number of carbonyl (C=O) groups excluding carboxylic acids is 1. The zero-order chi connectivity index (χ0) is 27.9. The first-order valence-electron chi connectivity index (χ1n) is 13.1. The van der Waals surface area contributed by atoms with E-state index in [0.717, 1.165) is 41.5 Å². The van der Waals surface area contributed by atoms with E-state index < -0.39 is 5.97 Å². The van der Waals surface area contributed by atoms with Gasteiger partial charge in [-0.25, -0.2) is 19.0 Å². The van der Waals surface area contributed by atoms with Crippen molar-refractivity contribution in [3.05, 3.63) is 108 Å². The molecule has 0 atom stereocenters. The molecule has 0 amide bonds. The zero-order valence-corrected chi connectivity index (χ0v) is 24.0. The minimum absolute atomic E-state index is 0. The van der Waals surface area contributed by atoms with Gasteiger partial charge in [-0.2, -0.15) is 10.2 Å². The van der Waals surface area contributed by atoms with E-state index >= 15 is 0 Å². The number of nitrogens with zero attached hydrogens (tertiary/aromatic N) is 4. The molecule has 6 rings (SSSR count). The predicted octanol–water partition coefficient (Wildman–Crippen LogP) is 1.09. The number of carbonyl (C=O) groups is 2. The number of esters is 1. The van der Waals surface area contributed by atoms with Crippen LogP contribution in [0.1, 0.15) is 39.0 Å². The average Bonchev–Trinajstić information content (AvgIpc) is 3.74. The van der Waals surface area contributed by atoms with Crippen LogP contribution >= 0.6 is 0 Å². The molecule has 0 aliphatic heterocycles. The number of ether oxygens (including phenoxy) is 1. The van der Waals surface area contributed by atoms with E-state index in [1.54, 1.807) is 36.1 Å². The number of H-pyrrole nitrogens is 2. The Morgan fingerprint density at radius 2 is 1.23 bits per heavy atom. The Bertz CT molecular complexity index is 1730. The van der Waals surface area contributed by atoms with Gasteiger partial charge in [0.25, 0.3) is 0 Å². The standard InChI is InChI=1S/C16H17N3O2.C14H13N3O2.Li.2H2O/c1-2-21-16(20)14-10-13-11-17-19(15(13)18-14)9-8-12-6-4-3-5-7-12;18-14(19)12-8-11-9-15-17(13(11)16-12)7-6-10-4-2-1-3-5-10;;;/h3-7,10-11,18H,2,8-9H2,1H3;1-5,8-9,16H,6-7H2,(H,18,19);;2*1H2/q;;+1;;/p-1. The molecule has 6 N–H and O–H groups in total. The number of aryl methyl sites for hydroxylation is 4. The van der Waals surface area contributed by atoms with Crippen molar-refractivity contribution in [2.24, 2.45) is 0 Å². The number of hydrogen-bond acceptors (Lipinski definition) is 6. The molecule has 0 radical (unpaired) electrons. The molecule has 4 heterocycles. The molecule has 13 heteroatoms. The number of hydrogen-bond donors (Lipinski definition) is 3. The number of aromatic amines is 2. The molecule has 6 aromatic rings. The van der Waals surface area contributed by atoms with E-state index in [1.165, 1.54) is 11.1 Å². The Kier molecular flexibility index (Phi) is 13.0. The molecular weight excluding hydrogens is 547 g/mol. The smallest absolute Gasteiger partial charge is 0.870 e. The molecule has 0 fully saturated rings. The van der Waals surface area contributed by atoms with Crippen LogP contribution in [0, 0.1) is 0 Å². The topological polar surface area (TPSA) is 192 Å². The maximum atomic E-state index is 11.7. The van der Waals surface area contributed by atoms with Crippen LogP contribution in [-0.2, 0) is 30.7 Å². The van der Waals surface area contributed by atoms with Gasteiger partial charge in [-0.3, -0.25) is 0 Å². The van der Waals surface area contributed by atoms with Gasteiger partial charge in [-0.15, -0.1) is 0 Å². The number of carboxylic acid groups (broad SMARTS) is 1. The van der Waals surface area contributed by atoms with Crippen LogP contribution in [0.3, 0.4) is 0 Å². The van der Waals surface area contributed by atoms with Crippen molar-refractivity contribution < 1.29 is 49.2 Å². The molecule has 0 saturated carbocycles. The van der Waals surface area contributed by atoms with Gasteiger partial charge in [0.15, 0.2) is 0 Å². The summed E-state index contributed by atoms with van der Waals surface area (Å²) in [6.07, 6.45) is 5.20.